The summed E-state index contributed by atoms with van der Waals surface area (Å²) in [7, 11) is 0. The molecule has 1 atom stereocenters. The van der Waals surface area contributed by atoms with Crippen LogP contribution in [0.15, 0.2) is 72.9 Å². The Balaban J connectivity index is 1.21. The zero-order valence-electron chi connectivity index (χ0n) is 29.8. The van der Waals surface area contributed by atoms with E-state index in [1.54, 1.807) is 6.07 Å². The topological polar surface area (TPSA) is 111 Å². The number of rotatable bonds is 13. The first-order chi connectivity index (χ1) is 24.6. The second-order valence-electron chi connectivity index (χ2n) is 14.7. The maximum Gasteiger partial charge on any atom is 0.223 e. The third-order valence-electron chi connectivity index (χ3n) is 10.0. The summed E-state index contributed by atoms with van der Waals surface area (Å²) in [5.41, 5.74) is 4.82. The molecule has 2 N–H and O–H groups in total. The predicted octanol–water partition coefficient (Wildman–Crippen LogP) is 9.67. The van der Waals surface area contributed by atoms with Crippen LogP contribution in [0.3, 0.4) is 0 Å². The Kier molecular flexibility index (Phi) is 11.8. The molecule has 1 amide bonds. The van der Waals surface area contributed by atoms with Gasteiger partial charge in [0.2, 0.25) is 11.7 Å². The van der Waals surface area contributed by atoms with Gasteiger partial charge < -0.3 is 14.6 Å². The molecule has 268 valence electrons. The van der Waals surface area contributed by atoms with Gasteiger partial charge in [-0.2, -0.15) is 5.21 Å². The van der Waals surface area contributed by atoms with Crippen LogP contribution in [0, 0.1) is 17.3 Å². The SMILES string of the molecule is CCCCn1cc(-c2ccc(Cl)cc2Cl)nc1[C@H](Cc1ccc(OCc2ccc(-c3nn[nH]n3)cc2)cc1)NC(=O)C1CCC(C(C)(C)C)CC1. The van der Waals surface area contributed by atoms with Gasteiger partial charge in [-0.25, -0.2) is 4.98 Å². The van der Waals surface area contributed by atoms with Crippen molar-refractivity contribution in [3.63, 3.8) is 0 Å². The molecule has 2 heterocycles. The lowest BCUT2D eigenvalue weighted by atomic mass is 9.69. The van der Waals surface area contributed by atoms with E-state index in [0.717, 1.165) is 84.6 Å². The quantitative estimate of drug-likeness (QED) is 0.125. The minimum atomic E-state index is -0.334. The number of hydrogen-bond donors (Lipinski definition) is 2. The highest BCUT2D eigenvalue weighted by Crippen LogP contribution is 2.40. The van der Waals surface area contributed by atoms with Crippen molar-refractivity contribution in [2.75, 3.05) is 0 Å². The zero-order chi connectivity index (χ0) is 36.0. The Bertz CT molecular complexity index is 1880. The molecule has 0 unspecified atom stereocenters. The molecular formula is C40H47Cl2N7O2. The van der Waals surface area contributed by atoms with E-state index in [1.807, 2.05) is 48.5 Å². The maximum atomic E-state index is 14.0. The third kappa shape index (κ3) is 9.37. The fourth-order valence-electron chi connectivity index (χ4n) is 6.92. The Labute approximate surface area is 310 Å². The number of amides is 1. The smallest absolute Gasteiger partial charge is 0.223 e. The summed E-state index contributed by atoms with van der Waals surface area (Å²) in [4.78, 5) is 19.1. The van der Waals surface area contributed by atoms with E-state index < -0.39 is 0 Å². The van der Waals surface area contributed by atoms with Gasteiger partial charge in [0.05, 0.1) is 16.8 Å². The summed E-state index contributed by atoms with van der Waals surface area (Å²) in [6.07, 6.45) is 8.61. The van der Waals surface area contributed by atoms with Gasteiger partial charge in [-0.1, -0.05) is 93.7 Å². The van der Waals surface area contributed by atoms with Gasteiger partial charge in [0.15, 0.2) is 0 Å². The van der Waals surface area contributed by atoms with Crippen molar-refractivity contribution < 1.29 is 9.53 Å². The maximum absolute atomic E-state index is 14.0. The molecule has 9 nitrogen and oxygen atoms in total. The minimum Gasteiger partial charge on any atom is -0.489 e. The number of unbranched alkanes of at least 4 members (excludes halogenated alkanes) is 1. The Morgan fingerprint density at radius 2 is 1.73 bits per heavy atom. The standard InChI is InChI=1S/C40H47Cl2N7O2/c1-5-6-21-49-24-36(33-20-17-31(41)23-34(33)42)43-38(49)35(44-39(50)29-13-15-30(16-14-29)40(2,3)4)22-26-9-18-32(19-10-26)51-25-27-7-11-28(12-8-27)37-45-47-48-46-37/h7-12,17-20,23-24,29-30,35H,5-6,13-16,21-22,25H2,1-4H3,(H,44,50)(H,45,46,47,48)/t29?,30?,35-/m0/s1. The number of halogens is 2. The zero-order valence-corrected chi connectivity index (χ0v) is 31.3. The first-order valence-electron chi connectivity index (χ1n) is 17.9. The van der Waals surface area contributed by atoms with Crippen molar-refractivity contribution in [2.45, 2.75) is 91.8 Å². The first-order valence-corrected chi connectivity index (χ1v) is 18.7. The number of carbonyl (C=O) groups is 1. The highest BCUT2D eigenvalue weighted by atomic mass is 35.5. The summed E-state index contributed by atoms with van der Waals surface area (Å²) in [6, 6.07) is 21.1. The van der Waals surface area contributed by atoms with E-state index in [0.29, 0.717) is 34.8 Å². The number of nitrogens with one attached hydrogen (secondary N) is 2. The third-order valence-corrected chi connectivity index (χ3v) is 10.6. The highest BCUT2D eigenvalue weighted by molar-refractivity contribution is 6.36. The number of hydrogen-bond acceptors (Lipinski definition) is 6. The van der Waals surface area contributed by atoms with Gasteiger partial charge in [0.1, 0.15) is 18.2 Å². The van der Waals surface area contributed by atoms with Crippen molar-refractivity contribution in [2.24, 2.45) is 17.3 Å². The minimum absolute atomic E-state index is 0.00705. The number of tetrazole rings is 1. The summed E-state index contributed by atoms with van der Waals surface area (Å²) < 4.78 is 8.31. The van der Waals surface area contributed by atoms with Crippen molar-refractivity contribution >= 4 is 29.1 Å². The molecule has 0 spiro atoms. The molecule has 0 radical (unpaired) electrons. The number of nitrogens with zero attached hydrogens (tertiary/aromatic N) is 5. The molecule has 1 aliphatic carbocycles. The number of aryl methyl sites for hydroxylation is 1. The predicted molar refractivity (Wildman–Crippen MR) is 202 cm³/mol. The van der Waals surface area contributed by atoms with Gasteiger partial charge in [0, 0.05) is 34.8 Å². The van der Waals surface area contributed by atoms with Gasteiger partial charge in [-0.15, -0.1) is 10.2 Å². The van der Waals surface area contributed by atoms with E-state index >= 15 is 0 Å². The molecule has 5 aromatic rings. The van der Waals surface area contributed by atoms with E-state index in [1.165, 1.54) is 0 Å². The largest absolute Gasteiger partial charge is 0.489 e. The van der Waals surface area contributed by atoms with Crippen molar-refractivity contribution in [1.29, 1.82) is 0 Å². The second-order valence-corrected chi connectivity index (χ2v) is 15.5. The van der Waals surface area contributed by atoms with Crippen molar-refractivity contribution in [3.8, 4) is 28.4 Å². The Morgan fingerprint density at radius 1 is 1.00 bits per heavy atom. The molecule has 11 heteroatoms. The number of ether oxygens (including phenoxy) is 1. The lowest BCUT2D eigenvalue weighted by Crippen LogP contribution is -2.38. The molecular weight excluding hydrogens is 681 g/mol. The molecule has 1 fully saturated rings. The molecule has 2 aromatic heterocycles. The summed E-state index contributed by atoms with van der Waals surface area (Å²) in [5.74, 6) is 2.88. The summed E-state index contributed by atoms with van der Waals surface area (Å²) in [6.45, 7) is 10.3. The van der Waals surface area contributed by atoms with Crippen LogP contribution in [0.4, 0.5) is 0 Å². The Morgan fingerprint density at radius 3 is 2.37 bits per heavy atom. The number of aromatic nitrogens is 6. The molecule has 51 heavy (non-hydrogen) atoms. The first kappa shape index (κ1) is 36.6. The number of benzene rings is 3. The number of imidazole rings is 1. The molecule has 3 aromatic carbocycles. The van der Waals surface area contributed by atoms with E-state index in [2.05, 4.69) is 76.5 Å². The summed E-state index contributed by atoms with van der Waals surface area (Å²) in [5, 5.41) is 18.7. The van der Waals surface area contributed by atoms with Gasteiger partial charge in [-0.05, 0) is 96.5 Å². The molecule has 6 rings (SSSR count). The number of aromatic amines is 1. The fraction of sp³-hybridized carbons (Fsp3) is 0.425. The van der Waals surface area contributed by atoms with Crippen LogP contribution in [0.1, 0.15) is 89.2 Å². The second kappa shape index (κ2) is 16.4. The van der Waals surface area contributed by atoms with E-state index in [9.17, 15) is 4.79 Å². The number of H-pyrrole nitrogens is 1. The van der Waals surface area contributed by atoms with Crippen LogP contribution in [0.5, 0.6) is 5.75 Å². The van der Waals surface area contributed by atoms with Crippen LogP contribution in [-0.4, -0.2) is 36.1 Å². The van der Waals surface area contributed by atoms with E-state index in [-0.39, 0.29) is 23.3 Å². The van der Waals surface area contributed by atoms with Gasteiger partial charge in [-0.3, -0.25) is 4.79 Å². The molecule has 1 saturated carbocycles. The average Bonchev–Trinajstić information content (AvgIpc) is 3.81. The average molecular weight is 729 g/mol. The molecule has 0 saturated heterocycles. The number of carbonyl (C=O) groups excluding carboxylic acids is 1. The van der Waals surface area contributed by atoms with Crippen LogP contribution in [0.2, 0.25) is 10.0 Å². The van der Waals surface area contributed by atoms with Gasteiger partial charge >= 0.3 is 0 Å². The van der Waals surface area contributed by atoms with Crippen LogP contribution >= 0.6 is 23.2 Å². The monoisotopic (exact) mass is 727 g/mol. The molecule has 0 aliphatic heterocycles. The normalized spacial score (nSPS) is 16.9. The van der Waals surface area contributed by atoms with Crippen LogP contribution < -0.4 is 10.1 Å². The van der Waals surface area contributed by atoms with Crippen molar-refractivity contribution in [1.82, 2.24) is 35.5 Å². The van der Waals surface area contributed by atoms with Gasteiger partial charge in [0.25, 0.3) is 0 Å². The van der Waals surface area contributed by atoms with E-state index in [4.69, 9.17) is 32.9 Å². The highest BCUT2D eigenvalue weighted by Gasteiger charge is 2.34. The fourth-order valence-corrected chi connectivity index (χ4v) is 7.42. The molecule has 0 bridgehead atoms. The lowest BCUT2D eigenvalue weighted by Gasteiger charge is -2.36. The Hall–Kier alpha value is -4.21. The lowest BCUT2D eigenvalue weighted by molar-refractivity contribution is -0.127. The molecule has 1 aliphatic rings. The van der Waals surface area contributed by atoms with Crippen LogP contribution in [0.25, 0.3) is 22.6 Å². The summed E-state index contributed by atoms with van der Waals surface area (Å²) >= 11 is 12.9. The van der Waals surface area contributed by atoms with Crippen molar-refractivity contribution in [3.05, 3.63) is 99.9 Å². The van der Waals surface area contributed by atoms with Crippen LogP contribution in [-0.2, 0) is 24.4 Å².